The molecule has 0 aromatic heterocycles. The standard InChI is InChI=1S/C32H62N4O5/c1-34-15-8-30(9-16-34)31-10-19-36(20-11-31)14-5-3-4-13-35-17-6-29(7-18-35)28-33-32(37)12-21-39-24-25-41-27-26-40-23-22-38-2/h29-31H,3-28H2,1-2H3,(H,33,37). The normalized spacial score (nSPS) is 21.0. The molecule has 0 bridgehead atoms. The largest absolute Gasteiger partial charge is 0.382 e. The van der Waals surface area contributed by atoms with Gasteiger partial charge < -0.3 is 39.0 Å². The van der Waals surface area contributed by atoms with E-state index in [1.54, 1.807) is 7.11 Å². The lowest BCUT2D eigenvalue weighted by atomic mass is 9.79. The quantitative estimate of drug-likeness (QED) is 0.207. The second-order valence-electron chi connectivity index (χ2n) is 12.5. The van der Waals surface area contributed by atoms with Crippen LogP contribution in [-0.2, 0) is 23.7 Å². The number of ether oxygens (including phenoxy) is 4. The molecule has 0 aliphatic carbocycles. The van der Waals surface area contributed by atoms with Crippen LogP contribution >= 0.6 is 0 Å². The monoisotopic (exact) mass is 582 g/mol. The number of rotatable bonds is 21. The molecule has 3 saturated heterocycles. The number of likely N-dealkylation sites (tertiary alicyclic amines) is 3. The van der Waals surface area contributed by atoms with Gasteiger partial charge in [-0.1, -0.05) is 6.42 Å². The van der Waals surface area contributed by atoms with E-state index in [4.69, 9.17) is 18.9 Å². The van der Waals surface area contributed by atoms with Gasteiger partial charge in [-0.3, -0.25) is 4.79 Å². The molecule has 3 aliphatic heterocycles. The maximum atomic E-state index is 12.2. The summed E-state index contributed by atoms with van der Waals surface area (Å²) < 4.78 is 21.2. The predicted octanol–water partition coefficient (Wildman–Crippen LogP) is 3.13. The van der Waals surface area contributed by atoms with Crippen molar-refractivity contribution in [1.82, 2.24) is 20.0 Å². The van der Waals surface area contributed by atoms with Gasteiger partial charge in [0.05, 0.1) is 46.2 Å². The molecule has 0 radical (unpaired) electrons. The van der Waals surface area contributed by atoms with Crippen LogP contribution in [0.1, 0.15) is 64.2 Å². The van der Waals surface area contributed by atoms with Crippen molar-refractivity contribution in [2.24, 2.45) is 17.8 Å². The van der Waals surface area contributed by atoms with Crippen LogP contribution in [0.4, 0.5) is 0 Å². The van der Waals surface area contributed by atoms with E-state index in [9.17, 15) is 4.79 Å². The van der Waals surface area contributed by atoms with Crippen molar-refractivity contribution in [1.29, 1.82) is 0 Å². The molecular weight excluding hydrogens is 520 g/mol. The molecule has 240 valence electrons. The number of amides is 1. The number of unbranched alkanes of at least 4 members (excludes halogenated alkanes) is 2. The highest BCUT2D eigenvalue weighted by molar-refractivity contribution is 5.75. The molecule has 9 heteroatoms. The van der Waals surface area contributed by atoms with E-state index < -0.39 is 0 Å². The molecule has 0 spiro atoms. The van der Waals surface area contributed by atoms with Gasteiger partial charge in [-0.25, -0.2) is 0 Å². The van der Waals surface area contributed by atoms with Gasteiger partial charge in [0.25, 0.3) is 0 Å². The van der Waals surface area contributed by atoms with Crippen LogP contribution in [0.25, 0.3) is 0 Å². The maximum Gasteiger partial charge on any atom is 0.222 e. The molecule has 1 amide bonds. The number of hydrogen-bond donors (Lipinski definition) is 1. The summed E-state index contributed by atoms with van der Waals surface area (Å²) in [5, 5.41) is 3.11. The van der Waals surface area contributed by atoms with Crippen molar-refractivity contribution in [2.45, 2.75) is 64.2 Å². The van der Waals surface area contributed by atoms with Crippen molar-refractivity contribution in [3.63, 3.8) is 0 Å². The lowest BCUT2D eigenvalue weighted by molar-refractivity contribution is -0.122. The van der Waals surface area contributed by atoms with E-state index in [-0.39, 0.29) is 5.91 Å². The van der Waals surface area contributed by atoms with E-state index in [1.165, 1.54) is 110 Å². The van der Waals surface area contributed by atoms with Gasteiger partial charge in [0.15, 0.2) is 0 Å². The summed E-state index contributed by atoms with van der Waals surface area (Å²) in [6.45, 7) is 14.7. The number of nitrogens with one attached hydrogen (secondary N) is 1. The van der Waals surface area contributed by atoms with Gasteiger partial charge in [-0.2, -0.15) is 0 Å². The summed E-state index contributed by atoms with van der Waals surface area (Å²) in [5.74, 6) is 2.68. The maximum absolute atomic E-state index is 12.2. The molecule has 41 heavy (non-hydrogen) atoms. The van der Waals surface area contributed by atoms with Crippen molar-refractivity contribution < 1.29 is 23.7 Å². The Hall–Kier alpha value is -0.810. The highest BCUT2D eigenvalue weighted by Crippen LogP contribution is 2.32. The molecule has 1 N–H and O–H groups in total. The van der Waals surface area contributed by atoms with Gasteiger partial charge in [-0.15, -0.1) is 0 Å². The number of piperidine rings is 3. The zero-order valence-electron chi connectivity index (χ0n) is 26.5. The average Bonchev–Trinajstić information content (AvgIpc) is 3.00. The first kappa shape index (κ1) is 34.7. The fraction of sp³-hybridized carbons (Fsp3) is 0.969. The molecular formula is C32H62N4O5. The SMILES string of the molecule is COCCOCCOCCOCCC(=O)NCC1CCN(CCCCCN2CCC(C3CCN(C)CC3)CC2)CC1. The van der Waals surface area contributed by atoms with Crippen molar-refractivity contribution >= 4 is 5.91 Å². The van der Waals surface area contributed by atoms with Crippen molar-refractivity contribution in [3.05, 3.63) is 0 Å². The third-order valence-electron chi connectivity index (χ3n) is 9.46. The van der Waals surface area contributed by atoms with Crippen molar-refractivity contribution in [2.75, 3.05) is 119 Å². The van der Waals surface area contributed by atoms with Gasteiger partial charge in [0.2, 0.25) is 5.91 Å². The van der Waals surface area contributed by atoms with Crippen LogP contribution in [0.15, 0.2) is 0 Å². The number of nitrogens with zero attached hydrogens (tertiary/aromatic N) is 3. The number of carbonyl (C=O) groups is 1. The Kier molecular flexibility index (Phi) is 18.4. The molecule has 3 heterocycles. The number of methoxy groups -OCH3 is 1. The Labute approximate surface area is 250 Å². The molecule has 9 nitrogen and oxygen atoms in total. The predicted molar refractivity (Wildman–Crippen MR) is 164 cm³/mol. The van der Waals surface area contributed by atoms with Gasteiger partial charge in [-0.05, 0) is 129 Å². The highest BCUT2D eigenvalue weighted by atomic mass is 16.6. The fourth-order valence-electron chi connectivity index (χ4n) is 6.61. The molecule has 3 fully saturated rings. The second-order valence-corrected chi connectivity index (χ2v) is 12.5. The summed E-state index contributed by atoms with van der Waals surface area (Å²) in [6, 6.07) is 0. The van der Waals surface area contributed by atoms with Crippen molar-refractivity contribution in [3.8, 4) is 0 Å². The smallest absolute Gasteiger partial charge is 0.222 e. The fourth-order valence-corrected chi connectivity index (χ4v) is 6.61. The summed E-state index contributed by atoms with van der Waals surface area (Å²) in [5.41, 5.74) is 0. The van der Waals surface area contributed by atoms with Gasteiger partial charge in [0.1, 0.15) is 0 Å². The highest BCUT2D eigenvalue weighted by Gasteiger charge is 2.28. The molecule has 0 unspecified atom stereocenters. The molecule has 3 rings (SSSR count). The van der Waals surface area contributed by atoms with E-state index >= 15 is 0 Å². The molecule has 0 atom stereocenters. The lowest BCUT2D eigenvalue weighted by Crippen LogP contribution is -2.40. The van der Waals surface area contributed by atoms with Gasteiger partial charge >= 0.3 is 0 Å². The first-order valence-electron chi connectivity index (χ1n) is 16.8. The minimum atomic E-state index is 0.0888. The van der Waals surface area contributed by atoms with E-state index in [2.05, 4.69) is 27.1 Å². The molecule has 3 aliphatic rings. The third-order valence-corrected chi connectivity index (χ3v) is 9.46. The van der Waals surface area contributed by atoms with Crippen LogP contribution in [-0.4, -0.2) is 140 Å². The summed E-state index contributed by atoms with van der Waals surface area (Å²) in [6.07, 6.45) is 12.5. The average molecular weight is 583 g/mol. The minimum Gasteiger partial charge on any atom is -0.382 e. The zero-order chi connectivity index (χ0) is 29.0. The summed E-state index contributed by atoms with van der Waals surface area (Å²) in [4.78, 5) is 20.0. The molecule has 0 aromatic carbocycles. The first-order chi connectivity index (χ1) is 20.1. The Morgan fingerprint density at radius 1 is 0.659 bits per heavy atom. The van der Waals surface area contributed by atoms with Gasteiger partial charge in [0, 0.05) is 20.1 Å². The topological polar surface area (TPSA) is 75.7 Å². The van der Waals surface area contributed by atoms with E-state index in [0.29, 0.717) is 58.6 Å². The zero-order valence-corrected chi connectivity index (χ0v) is 26.5. The number of carbonyl (C=O) groups excluding carboxylic acids is 1. The number of hydrogen-bond acceptors (Lipinski definition) is 8. The van der Waals surface area contributed by atoms with E-state index in [0.717, 1.165) is 18.4 Å². The Bertz CT molecular complexity index is 648. The van der Waals surface area contributed by atoms with E-state index in [1.807, 2.05) is 0 Å². The molecule has 0 aromatic rings. The van der Waals surface area contributed by atoms with Crippen LogP contribution < -0.4 is 5.32 Å². The second kappa shape index (κ2) is 21.8. The van der Waals surface area contributed by atoms with Crippen LogP contribution in [0.3, 0.4) is 0 Å². The minimum absolute atomic E-state index is 0.0888. The van der Waals surface area contributed by atoms with Crippen LogP contribution in [0.5, 0.6) is 0 Å². The Morgan fingerprint density at radius 2 is 1.15 bits per heavy atom. The summed E-state index contributed by atoms with van der Waals surface area (Å²) >= 11 is 0. The van der Waals surface area contributed by atoms with Crippen LogP contribution in [0.2, 0.25) is 0 Å². The van der Waals surface area contributed by atoms with Crippen LogP contribution in [0, 0.1) is 17.8 Å². The Morgan fingerprint density at radius 3 is 1.71 bits per heavy atom. The molecule has 0 saturated carbocycles. The summed E-state index contributed by atoms with van der Waals surface area (Å²) in [7, 11) is 3.93. The Balaban J connectivity index is 1.07. The first-order valence-corrected chi connectivity index (χ1v) is 16.8. The lowest BCUT2D eigenvalue weighted by Gasteiger charge is -2.39. The third kappa shape index (κ3) is 15.5.